The number of nitrogens with one attached hydrogen (secondary N) is 3. The lowest BCUT2D eigenvalue weighted by Gasteiger charge is -2.09. The van der Waals surface area contributed by atoms with E-state index >= 15 is 0 Å². The zero-order valence-electron chi connectivity index (χ0n) is 12.3. The molecule has 0 unspecified atom stereocenters. The highest BCUT2D eigenvalue weighted by molar-refractivity contribution is 7.89. The number of nitrogens with zero attached hydrogens (tertiary/aromatic N) is 1. The van der Waals surface area contributed by atoms with Crippen molar-refractivity contribution in [2.24, 2.45) is 0 Å². The molecule has 9 heteroatoms. The molecular weight excluding hydrogens is 335 g/mol. The van der Waals surface area contributed by atoms with Crippen LogP contribution < -0.4 is 10.0 Å². The van der Waals surface area contributed by atoms with Crippen molar-refractivity contribution in [3.63, 3.8) is 0 Å². The average Bonchev–Trinajstić information content (AvgIpc) is 3.20. The van der Waals surface area contributed by atoms with Crippen LogP contribution in [0.25, 0.3) is 0 Å². The van der Waals surface area contributed by atoms with Gasteiger partial charge in [0, 0.05) is 17.9 Å². The van der Waals surface area contributed by atoms with Crippen molar-refractivity contribution >= 4 is 21.6 Å². The second-order valence-electron chi connectivity index (χ2n) is 5.41. The molecule has 0 radical (unpaired) electrons. The summed E-state index contributed by atoms with van der Waals surface area (Å²) in [5, 5.41) is 11.2. The van der Waals surface area contributed by atoms with E-state index in [2.05, 4.69) is 15.0 Å². The molecule has 0 spiro atoms. The minimum atomic E-state index is -3.98. The Morgan fingerprint density at radius 3 is 2.71 bits per heavy atom. The molecule has 3 rings (SSSR count). The van der Waals surface area contributed by atoms with Crippen molar-refractivity contribution in [2.45, 2.75) is 23.8 Å². The number of aromatic amines is 1. The molecule has 24 heavy (non-hydrogen) atoms. The highest BCUT2D eigenvalue weighted by Gasteiger charge is 2.29. The zero-order valence-corrected chi connectivity index (χ0v) is 13.2. The molecular formula is C15H13FN4O3S. The topological polar surface area (TPSA) is 115 Å². The van der Waals surface area contributed by atoms with Gasteiger partial charge in [-0.15, -0.1) is 0 Å². The molecule has 7 nitrogen and oxygen atoms in total. The van der Waals surface area contributed by atoms with Gasteiger partial charge in [0.1, 0.15) is 22.5 Å². The van der Waals surface area contributed by atoms with Gasteiger partial charge in [0.2, 0.25) is 10.0 Å². The number of rotatable bonds is 5. The molecule has 1 aliphatic rings. The quantitative estimate of drug-likeness (QED) is 0.763. The predicted molar refractivity (Wildman–Crippen MR) is 83.2 cm³/mol. The Morgan fingerprint density at radius 1 is 1.33 bits per heavy atom. The number of amides is 1. The number of hydrogen-bond donors (Lipinski definition) is 3. The first kappa shape index (κ1) is 16.2. The van der Waals surface area contributed by atoms with E-state index in [4.69, 9.17) is 5.26 Å². The van der Waals surface area contributed by atoms with Crippen LogP contribution in [-0.2, 0) is 10.0 Å². The van der Waals surface area contributed by atoms with Gasteiger partial charge in [0.25, 0.3) is 5.91 Å². The van der Waals surface area contributed by atoms with Crippen molar-refractivity contribution in [3.05, 3.63) is 47.5 Å². The fourth-order valence-corrected chi connectivity index (χ4v) is 3.47. The second-order valence-corrected chi connectivity index (χ2v) is 7.09. The number of anilines is 1. The molecule has 3 N–H and O–H groups in total. The summed E-state index contributed by atoms with van der Waals surface area (Å²) >= 11 is 0. The first-order chi connectivity index (χ1) is 11.4. The third kappa shape index (κ3) is 3.45. The van der Waals surface area contributed by atoms with E-state index in [1.165, 1.54) is 18.3 Å². The zero-order chi connectivity index (χ0) is 17.3. The summed E-state index contributed by atoms with van der Waals surface area (Å²) in [6.45, 7) is 0. The first-order valence-corrected chi connectivity index (χ1v) is 8.59. The van der Waals surface area contributed by atoms with Crippen LogP contribution in [-0.4, -0.2) is 25.4 Å². The normalized spacial score (nSPS) is 14.2. The molecule has 1 aliphatic carbocycles. The second kappa shape index (κ2) is 6.07. The largest absolute Gasteiger partial charge is 0.356 e. The standard InChI is InChI=1S/C15H13FN4O3S/c16-12-4-3-11(6-14(12)24(22,23)20-10-1-2-10)19-15(21)13-5-9(7-17)8-18-13/h3-6,8,10,18,20H,1-2H2,(H,19,21). The smallest absolute Gasteiger partial charge is 0.272 e. The van der Waals surface area contributed by atoms with Crippen LogP contribution in [0.15, 0.2) is 35.4 Å². The molecule has 1 aromatic heterocycles. The number of sulfonamides is 1. The van der Waals surface area contributed by atoms with E-state index < -0.39 is 26.6 Å². The first-order valence-electron chi connectivity index (χ1n) is 7.11. The third-order valence-electron chi connectivity index (χ3n) is 3.43. The van der Waals surface area contributed by atoms with Gasteiger partial charge in [-0.3, -0.25) is 4.79 Å². The van der Waals surface area contributed by atoms with Crippen LogP contribution in [0, 0.1) is 17.1 Å². The number of benzene rings is 1. The number of carbonyl (C=O) groups is 1. The lowest BCUT2D eigenvalue weighted by Crippen LogP contribution is -2.26. The van der Waals surface area contributed by atoms with Crippen LogP contribution in [0.2, 0.25) is 0 Å². The number of hydrogen-bond acceptors (Lipinski definition) is 4. The highest BCUT2D eigenvalue weighted by atomic mass is 32.2. The van der Waals surface area contributed by atoms with Gasteiger partial charge in [-0.2, -0.15) is 5.26 Å². The van der Waals surface area contributed by atoms with Crippen molar-refractivity contribution in [1.82, 2.24) is 9.71 Å². The fraction of sp³-hybridized carbons (Fsp3) is 0.200. The van der Waals surface area contributed by atoms with Gasteiger partial charge in [0.15, 0.2) is 0 Å². The molecule has 1 heterocycles. The van der Waals surface area contributed by atoms with E-state index in [1.54, 1.807) is 0 Å². The number of aromatic nitrogens is 1. The third-order valence-corrected chi connectivity index (χ3v) is 4.97. The van der Waals surface area contributed by atoms with Gasteiger partial charge in [-0.1, -0.05) is 0 Å². The lowest BCUT2D eigenvalue weighted by molar-refractivity contribution is 0.102. The molecule has 0 aliphatic heterocycles. The summed E-state index contributed by atoms with van der Waals surface area (Å²) in [4.78, 5) is 14.2. The highest BCUT2D eigenvalue weighted by Crippen LogP contribution is 2.25. The predicted octanol–water partition coefficient (Wildman–Crippen LogP) is 1.72. The van der Waals surface area contributed by atoms with E-state index in [0.717, 1.165) is 25.0 Å². The number of carbonyl (C=O) groups excluding carboxylic acids is 1. The number of nitriles is 1. The molecule has 0 atom stereocenters. The molecule has 0 saturated heterocycles. The van der Waals surface area contributed by atoms with Crippen LogP contribution in [0.3, 0.4) is 0 Å². The monoisotopic (exact) mass is 348 g/mol. The van der Waals surface area contributed by atoms with Crippen LogP contribution in [0.1, 0.15) is 28.9 Å². The minimum Gasteiger partial charge on any atom is -0.356 e. The van der Waals surface area contributed by atoms with Crippen molar-refractivity contribution < 1.29 is 17.6 Å². The Kier molecular flexibility index (Phi) is 4.09. The molecule has 1 aromatic carbocycles. The Bertz CT molecular complexity index is 942. The molecule has 0 bridgehead atoms. The molecule has 1 saturated carbocycles. The van der Waals surface area contributed by atoms with Crippen LogP contribution in [0.4, 0.5) is 10.1 Å². The van der Waals surface area contributed by atoms with Gasteiger partial charge >= 0.3 is 0 Å². The summed E-state index contributed by atoms with van der Waals surface area (Å²) in [6, 6.07) is 6.38. The average molecular weight is 348 g/mol. The maximum absolute atomic E-state index is 13.9. The summed E-state index contributed by atoms with van der Waals surface area (Å²) < 4.78 is 40.6. The maximum Gasteiger partial charge on any atom is 0.272 e. The lowest BCUT2D eigenvalue weighted by atomic mass is 10.3. The van der Waals surface area contributed by atoms with Crippen molar-refractivity contribution in [3.8, 4) is 6.07 Å². The maximum atomic E-state index is 13.9. The fourth-order valence-electron chi connectivity index (χ4n) is 2.06. The minimum absolute atomic E-state index is 0.130. The Morgan fingerprint density at radius 2 is 2.08 bits per heavy atom. The van der Waals surface area contributed by atoms with Gasteiger partial charge in [0.05, 0.1) is 5.56 Å². The number of halogens is 1. The molecule has 1 fully saturated rings. The van der Waals surface area contributed by atoms with Crippen LogP contribution >= 0.6 is 0 Å². The Balaban J connectivity index is 1.83. The summed E-state index contributed by atoms with van der Waals surface area (Å²) in [5.41, 5.74) is 0.554. The summed E-state index contributed by atoms with van der Waals surface area (Å²) in [6.07, 6.45) is 2.83. The van der Waals surface area contributed by atoms with Gasteiger partial charge < -0.3 is 10.3 Å². The Hall–Kier alpha value is -2.70. The van der Waals surface area contributed by atoms with Crippen LogP contribution in [0.5, 0.6) is 0 Å². The van der Waals surface area contributed by atoms with E-state index in [9.17, 15) is 17.6 Å². The van der Waals surface area contributed by atoms with Crippen molar-refractivity contribution in [2.75, 3.05) is 5.32 Å². The molecule has 1 amide bonds. The van der Waals surface area contributed by atoms with E-state index in [1.807, 2.05) is 6.07 Å². The van der Waals surface area contributed by atoms with Crippen molar-refractivity contribution in [1.29, 1.82) is 5.26 Å². The van der Waals surface area contributed by atoms with Gasteiger partial charge in [-0.05, 0) is 37.1 Å². The van der Waals surface area contributed by atoms with E-state index in [-0.39, 0.29) is 23.0 Å². The number of H-pyrrole nitrogens is 1. The SMILES string of the molecule is N#Cc1c[nH]c(C(=O)Nc2ccc(F)c(S(=O)(=O)NC3CC3)c2)c1. The molecule has 2 aromatic rings. The summed E-state index contributed by atoms with van der Waals surface area (Å²) in [5.74, 6) is -1.46. The van der Waals surface area contributed by atoms with Gasteiger partial charge in [-0.25, -0.2) is 17.5 Å². The summed E-state index contributed by atoms with van der Waals surface area (Å²) in [7, 11) is -3.98. The molecule has 124 valence electrons. The van der Waals surface area contributed by atoms with E-state index in [0.29, 0.717) is 0 Å². The Labute approximate surface area is 137 Å².